The fourth-order valence-corrected chi connectivity index (χ4v) is 4.39. The molecule has 0 aliphatic heterocycles. The van der Waals surface area contributed by atoms with Gasteiger partial charge in [0.15, 0.2) is 0 Å². The molecule has 5 heteroatoms. The van der Waals surface area contributed by atoms with Gasteiger partial charge in [-0.15, -0.1) is 11.3 Å². The van der Waals surface area contributed by atoms with E-state index in [4.69, 9.17) is 0 Å². The number of nitrogens with zero attached hydrogens (tertiary/aromatic N) is 2. The average molecular weight is 356 g/mol. The van der Waals surface area contributed by atoms with Crippen LogP contribution in [0.3, 0.4) is 0 Å². The number of nitrogens with one attached hydrogen (secondary N) is 1. The Morgan fingerprint density at radius 2 is 1.80 bits per heavy atom. The summed E-state index contributed by atoms with van der Waals surface area (Å²) in [4.78, 5) is 24.1. The first-order valence-corrected chi connectivity index (χ1v) is 9.33. The maximum atomic E-state index is 13.2. The SMILES string of the molecule is Cc1nc(C(C)N(C)C(=O)c2[nH]c3c(C)ccc(C)c3c2C)c(C)s1. The van der Waals surface area contributed by atoms with E-state index in [-0.39, 0.29) is 11.9 Å². The number of aromatic nitrogens is 2. The molecule has 25 heavy (non-hydrogen) atoms. The molecule has 3 aromatic rings. The third kappa shape index (κ3) is 2.86. The van der Waals surface area contributed by atoms with E-state index in [2.05, 4.69) is 42.9 Å². The van der Waals surface area contributed by atoms with Crippen LogP contribution in [0.5, 0.6) is 0 Å². The number of carbonyl (C=O) groups excluding carboxylic acids is 1. The summed E-state index contributed by atoms with van der Waals surface area (Å²) >= 11 is 1.68. The van der Waals surface area contributed by atoms with Crippen LogP contribution in [-0.2, 0) is 0 Å². The van der Waals surface area contributed by atoms with Crippen LogP contribution in [0.15, 0.2) is 12.1 Å². The zero-order chi connectivity index (χ0) is 18.5. The van der Waals surface area contributed by atoms with Gasteiger partial charge in [-0.3, -0.25) is 4.79 Å². The second-order valence-corrected chi connectivity index (χ2v) is 8.25. The van der Waals surface area contributed by atoms with Gasteiger partial charge in [0.1, 0.15) is 5.69 Å². The minimum Gasteiger partial charge on any atom is -0.350 e. The van der Waals surface area contributed by atoms with E-state index in [9.17, 15) is 4.79 Å². The van der Waals surface area contributed by atoms with Crippen molar-refractivity contribution in [3.05, 3.63) is 50.1 Å². The lowest BCUT2D eigenvalue weighted by Gasteiger charge is -2.24. The summed E-state index contributed by atoms with van der Waals surface area (Å²) in [5.74, 6) is 0.00468. The Hall–Kier alpha value is -2.14. The van der Waals surface area contributed by atoms with Crippen molar-refractivity contribution in [2.75, 3.05) is 7.05 Å². The van der Waals surface area contributed by atoms with Gasteiger partial charge in [-0.25, -0.2) is 4.98 Å². The number of thiazole rings is 1. The topological polar surface area (TPSA) is 49.0 Å². The van der Waals surface area contributed by atoms with Gasteiger partial charge in [0.2, 0.25) is 0 Å². The largest absolute Gasteiger partial charge is 0.350 e. The Balaban J connectivity index is 2.02. The first-order chi connectivity index (χ1) is 11.7. The smallest absolute Gasteiger partial charge is 0.270 e. The summed E-state index contributed by atoms with van der Waals surface area (Å²) < 4.78 is 0. The van der Waals surface area contributed by atoms with Crippen LogP contribution >= 0.6 is 11.3 Å². The maximum absolute atomic E-state index is 13.2. The van der Waals surface area contributed by atoms with E-state index < -0.39 is 0 Å². The minimum absolute atomic E-state index is 0.00468. The van der Waals surface area contributed by atoms with Crippen LogP contribution in [0.25, 0.3) is 10.9 Å². The molecule has 132 valence electrons. The fourth-order valence-electron chi connectivity index (χ4n) is 3.48. The number of benzene rings is 1. The standard InChI is InChI=1S/C20H25N3OS/c1-10-8-9-11(2)17-16(10)12(3)18(22-17)20(24)23(7)13(4)19-14(5)25-15(6)21-19/h8-9,13,22H,1-7H3. The molecule has 1 unspecified atom stereocenters. The molecule has 0 saturated heterocycles. The number of carbonyl (C=O) groups is 1. The van der Waals surface area contributed by atoms with Gasteiger partial charge in [0, 0.05) is 22.8 Å². The van der Waals surface area contributed by atoms with Crippen LogP contribution in [-0.4, -0.2) is 27.8 Å². The molecule has 0 fully saturated rings. The van der Waals surface area contributed by atoms with Crippen molar-refractivity contribution in [3.63, 3.8) is 0 Å². The second kappa shape index (κ2) is 6.30. The van der Waals surface area contributed by atoms with Crippen molar-refractivity contribution in [2.24, 2.45) is 0 Å². The normalized spacial score (nSPS) is 12.6. The summed E-state index contributed by atoms with van der Waals surface area (Å²) in [6, 6.07) is 4.14. The number of fused-ring (bicyclic) bond motifs is 1. The molecule has 2 aromatic heterocycles. The van der Waals surface area contributed by atoms with E-state index in [1.807, 2.05) is 27.8 Å². The Morgan fingerprint density at radius 3 is 2.36 bits per heavy atom. The Morgan fingerprint density at radius 1 is 1.16 bits per heavy atom. The molecule has 0 aliphatic carbocycles. The molecular weight excluding hydrogens is 330 g/mol. The van der Waals surface area contributed by atoms with Gasteiger partial charge in [0.05, 0.1) is 16.7 Å². The third-order valence-electron chi connectivity index (χ3n) is 5.07. The molecular formula is C20H25N3OS. The lowest BCUT2D eigenvalue weighted by atomic mass is 10.0. The molecule has 2 heterocycles. The summed E-state index contributed by atoms with van der Waals surface area (Å²) in [6.07, 6.45) is 0. The van der Waals surface area contributed by atoms with Crippen molar-refractivity contribution < 1.29 is 4.79 Å². The highest BCUT2D eigenvalue weighted by Gasteiger charge is 2.26. The van der Waals surface area contributed by atoms with Crippen molar-refractivity contribution in [1.82, 2.24) is 14.9 Å². The lowest BCUT2D eigenvalue weighted by molar-refractivity contribution is 0.0734. The molecule has 0 aliphatic rings. The number of hydrogen-bond acceptors (Lipinski definition) is 3. The fraction of sp³-hybridized carbons (Fsp3) is 0.400. The molecule has 1 atom stereocenters. The molecule has 3 rings (SSSR count). The zero-order valence-corrected chi connectivity index (χ0v) is 16.8. The van der Waals surface area contributed by atoms with Gasteiger partial charge in [-0.2, -0.15) is 0 Å². The molecule has 0 bridgehead atoms. The summed E-state index contributed by atoms with van der Waals surface area (Å²) in [7, 11) is 1.85. The summed E-state index contributed by atoms with van der Waals surface area (Å²) in [5.41, 5.74) is 6.08. The minimum atomic E-state index is -0.0644. The first-order valence-electron chi connectivity index (χ1n) is 8.52. The molecule has 0 radical (unpaired) electrons. The zero-order valence-electron chi connectivity index (χ0n) is 15.9. The van der Waals surface area contributed by atoms with Crippen molar-refractivity contribution >= 4 is 28.1 Å². The third-order valence-corrected chi connectivity index (χ3v) is 5.97. The predicted molar refractivity (Wildman–Crippen MR) is 105 cm³/mol. The average Bonchev–Trinajstić information content (AvgIpc) is 3.09. The van der Waals surface area contributed by atoms with Gasteiger partial charge >= 0.3 is 0 Å². The van der Waals surface area contributed by atoms with Gasteiger partial charge in [-0.1, -0.05) is 12.1 Å². The van der Waals surface area contributed by atoms with E-state index in [1.54, 1.807) is 16.2 Å². The van der Waals surface area contributed by atoms with Crippen LogP contribution in [0.4, 0.5) is 0 Å². The number of amides is 1. The van der Waals surface area contributed by atoms with E-state index in [0.29, 0.717) is 5.69 Å². The van der Waals surface area contributed by atoms with E-state index >= 15 is 0 Å². The lowest BCUT2D eigenvalue weighted by Crippen LogP contribution is -2.31. The second-order valence-electron chi connectivity index (χ2n) is 6.84. The first kappa shape index (κ1) is 17.7. The van der Waals surface area contributed by atoms with E-state index in [1.165, 1.54) is 10.4 Å². The predicted octanol–water partition coefficient (Wildman–Crippen LogP) is 5.00. The van der Waals surface area contributed by atoms with Crippen molar-refractivity contribution in [2.45, 2.75) is 47.6 Å². The highest BCUT2D eigenvalue weighted by atomic mass is 32.1. The molecule has 1 amide bonds. The summed E-state index contributed by atoms with van der Waals surface area (Å²) in [5, 5.41) is 2.19. The monoisotopic (exact) mass is 355 g/mol. The van der Waals surface area contributed by atoms with Gasteiger partial charge < -0.3 is 9.88 Å². The number of hydrogen-bond donors (Lipinski definition) is 1. The molecule has 0 saturated carbocycles. The van der Waals surface area contributed by atoms with Crippen molar-refractivity contribution in [3.8, 4) is 0 Å². The van der Waals surface area contributed by atoms with Gasteiger partial charge in [-0.05, 0) is 58.2 Å². The molecule has 0 spiro atoms. The van der Waals surface area contributed by atoms with Crippen LogP contribution in [0, 0.1) is 34.6 Å². The number of aryl methyl sites for hydroxylation is 5. The highest BCUT2D eigenvalue weighted by molar-refractivity contribution is 7.11. The molecule has 1 N–H and O–H groups in total. The van der Waals surface area contributed by atoms with Crippen molar-refractivity contribution in [1.29, 1.82) is 0 Å². The number of aromatic amines is 1. The highest BCUT2D eigenvalue weighted by Crippen LogP contribution is 2.31. The Labute approximate surface area is 152 Å². The Bertz CT molecular complexity index is 967. The van der Waals surface area contributed by atoms with Crippen LogP contribution < -0.4 is 0 Å². The van der Waals surface area contributed by atoms with Gasteiger partial charge in [0.25, 0.3) is 5.91 Å². The maximum Gasteiger partial charge on any atom is 0.270 e. The summed E-state index contributed by atoms with van der Waals surface area (Å²) in [6.45, 7) is 12.3. The number of rotatable bonds is 3. The van der Waals surface area contributed by atoms with Crippen LogP contribution in [0.1, 0.15) is 55.7 Å². The molecule has 1 aromatic carbocycles. The molecule has 4 nitrogen and oxygen atoms in total. The van der Waals surface area contributed by atoms with E-state index in [0.717, 1.165) is 32.7 Å². The van der Waals surface area contributed by atoms with Crippen LogP contribution in [0.2, 0.25) is 0 Å². The quantitative estimate of drug-likeness (QED) is 0.719. The Kier molecular flexibility index (Phi) is 4.45. The number of H-pyrrole nitrogens is 1.